The van der Waals surface area contributed by atoms with Gasteiger partial charge in [0, 0.05) is 12.1 Å². The molecular weight excluding hydrogens is 305 g/mol. The number of nitrogens with one attached hydrogen (secondary N) is 1. The third kappa shape index (κ3) is 6.52. The first kappa shape index (κ1) is 19.3. The van der Waals surface area contributed by atoms with Crippen LogP contribution < -0.4 is 5.32 Å². The third-order valence-electron chi connectivity index (χ3n) is 3.05. The van der Waals surface area contributed by atoms with Crippen molar-refractivity contribution < 1.29 is 29.2 Å². The van der Waals surface area contributed by atoms with Crippen LogP contribution in [0.2, 0.25) is 0 Å². The summed E-state index contributed by atoms with van der Waals surface area (Å²) < 4.78 is 18.3. The lowest BCUT2D eigenvalue weighted by molar-refractivity contribution is 0.0122. The van der Waals surface area contributed by atoms with Crippen molar-refractivity contribution in [2.24, 2.45) is 0 Å². The molecule has 0 saturated carbocycles. The summed E-state index contributed by atoms with van der Waals surface area (Å²) in [6.07, 6.45) is -2.92. The maximum atomic E-state index is 13.3. The molecule has 0 aliphatic carbocycles. The van der Waals surface area contributed by atoms with Crippen LogP contribution in [0.5, 0.6) is 0 Å². The van der Waals surface area contributed by atoms with Gasteiger partial charge in [-0.3, -0.25) is 0 Å². The van der Waals surface area contributed by atoms with Crippen molar-refractivity contribution in [2.75, 3.05) is 6.54 Å². The van der Waals surface area contributed by atoms with Gasteiger partial charge in [-0.05, 0) is 44.9 Å². The van der Waals surface area contributed by atoms with Crippen LogP contribution in [0.3, 0.4) is 0 Å². The van der Waals surface area contributed by atoms with Gasteiger partial charge in [-0.25, -0.2) is 9.18 Å². The molecular formula is C16H24FNO5. The molecule has 1 rings (SSSR count). The molecule has 2 atom stereocenters. The third-order valence-corrected chi connectivity index (χ3v) is 3.05. The monoisotopic (exact) mass is 329 g/mol. The van der Waals surface area contributed by atoms with Gasteiger partial charge in [-0.2, -0.15) is 0 Å². The lowest BCUT2D eigenvalue weighted by Crippen LogP contribution is -2.34. The lowest BCUT2D eigenvalue weighted by atomic mass is 10.00. The van der Waals surface area contributed by atoms with Crippen LogP contribution in [0.15, 0.2) is 18.2 Å². The van der Waals surface area contributed by atoms with Crippen molar-refractivity contribution in [1.82, 2.24) is 5.32 Å². The molecule has 0 bridgehead atoms. The Morgan fingerprint density at radius 2 is 2.00 bits per heavy atom. The predicted molar refractivity (Wildman–Crippen MR) is 82.1 cm³/mol. The molecule has 1 aromatic carbocycles. The molecule has 0 spiro atoms. The summed E-state index contributed by atoms with van der Waals surface area (Å²) in [7, 11) is 0. The molecule has 130 valence electrons. The zero-order valence-corrected chi connectivity index (χ0v) is 13.5. The van der Waals surface area contributed by atoms with Crippen molar-refractivity contribution >= 4 is 6.09 Å². The minimum Gasteiger partial charge on any atom is -0.444 e. The fraction of sp³-hybridized carbons (Fsp3) is 0.562. The zero-order chi connectivity index (χ0) is 17.6. The summed E-state index contributed by atoms with van der Waals surface area (Å²) in [4.78, 5) is 11.5. The average Bonchev–Trinajstić information content (AvgIpc) is 2.45. The van der Waals surface area contributed by atoms with Gasteiger partial charge in [0.2, 0.25) is 0 Å². The number of carbonyl (C=O) groups excluding carboxylic acids is 1. The van der Waals surface area contributed by atoms with E-state index in [4.69, 9.17) is 9.84 Å². The second-order valence-corrected chi connectivity index (χ2v) is 6.24. The van der Waals surface area contributed by atoms with Crippen molar-refractivity contribution in [3.05, 3.63) is 35.1 Å². The van der Waals surface area contributed by atoms with Crippen LogP contribution in [0.4, 0.5) is 9.18 Å². The van der Waals surface area contributed by atoms with Crippen LogP contribution in [-0.2, 0) is 11.3 Å². The summed E-state index contributed by atoms with van der Waals surface area (Å²) in [6.45, 7) is 4.82. The molecule has 1 aromatic rings. The summed E-state index contributed by atoms with van der Waals surface area (Å²) in [5.41, 5.74) is -0.280. The molecule has 23 heavy (non-hydrogen) atoms. The summed E-state index contributed by atoms with van der Waals surface area (Å²) in [6, 6.07) is 3.75. The van der Waals surface area contributed by atoms with Crippen LogP contribution in [0.25, 0.3) is 0 Å². The summed E-state index contributed by atoms with van der Waals surface area (Å²) in [5, 5.41) is 31.5. The average molecular weight is 329 g/mol. The fourth-order valence-electron chi connectivity index (χ4n) is 1.92. The highest BCUT2D eigenvalue weighted by molar-refractivity contribution is 5.67. The number of alkyl carbamates (subject to hydrolysis) is 1. The van der Waals surface area contributed by atoms with Crippen molar-refractivity contribution in [1.29, 1.82) is 0 Å². The van der Waals surface area contributed by atoms with Gasteiger partial charge in [0.1, 0.15) is 17.5 Å². The Balaban J connectivity index is 2.51. The Morgan fingerprint density at radius 3 is 2.57 bits per heavy atom. The van der Waals surface area contributed by atoms with Crippen LogP contribution in [0.1, 0.15) is 44.4 Å². The number of aliphatic hydroxyl groups excluding tert-OH is 3. The predicted octanol–water partition coefficient (Wildman–Crippen LogP) is 1.63. The number of ether oxygens (including phenoxy) is 1. The van der Waals surface area contributed by atoms with E-state index in [2.05, 4.69) is 5.32 Å². The number of benzene rings is 1. The largest absolute Gasteiger partial charge is 0.444 e. The Morgan fingerprint density at radius 1 is 1.35 bits per heavy atom. The smallest absolute Gasteiger partial charge is 0.407 e. The van der Waals surface area contributed by atoms with Gasteiger partial charge in [0.15, 0.2) is 0 Å². The maximum Gasteiger partial charge on any atom is 0.407 e. The molecule has 0 aliphatic rings. The highest BCUT2D eigenvalue weighted by Gasteiger charge is 2.20. The Bertz CT molecular complexity index is 530. The molecule has 0 aliphatic heterocycles. The maximum absolute atomic E-state index is 13.3. The van der Waals surface area contributed by atoms with E-state index in [-0.39, 0.29) is 18.5 Å². The fourth-order valence-corrected chi connectivity index (χ4v) is 1.92. The van der Waals surface area contributed by atoms with Crippen LogP contribution >= 0.6 is 0 Å². The standard InChI is InChI=1S/C16H24FNO5/c1-16(2,3)23-15(22)18-7-6-13(20)14(21)10-4-5-12(17)11(8-10)9-19/h4-5,8,13-14,19-21H,6-7,9H2,1-3H3,(H,18,22). The highest BCUT2D eigenvalue weighted by atomic mass is 19.1. The normalized spacial score (nSPS) is 14.2. The second-order valence-electron chi connectivity index (χ2n) is 6.24. The van der Waals surface area contributed by atoms with E-state index in [0.29, 0.717) is 5.56 Å². The van der Waals surface area contributed by atoms with E-state index >= 15 is 0 Å². The Kier molecular flexibility index (Phi) is 6.93. The number of rotatable bonds is 6. The first-order chi connectivity index (χ1) is 10.6. The van der Waals surface area contributed by atoms with E-state index in [1.54, 1.807) is 20.8 Å². The molecule has 2 unspecified atom stereocenters. The van der Waals surface area contributed by atoms with E-state index in [1.165, 1.54) is 12.1 Å². The molecule has 0 radical (unpaired) electrons. The highest BCUT2D eigenvalue weighted by Crippen LogP contribution is 2.21. The van der Waals surface area contributed by atoms with E-state index in [0.717, 1.165) is 6.07 Å². The second kappa shape index (κ2) is 8.24. The van der Waals surface area contributed by atoms with E-state index in [9.17, 15) is 19.4 Å². The van der Waals surface area contributed by atoms with Gasteiger partial charge in [0.25, 0.3) is 0 Å². The van der Waals surface area contributed by atoms with E-state index < -0.39 is 36.3 Å². The number of amides is 1. The molecule has 1 amide bonds. The molecule has 4 N–H and O–H groups in total. The Hall–Kier alpha value is -1.70. The first-order valence-corrected chi connectivity index (χ1v) is 7.36. The molecule has 6 nitrogen and oxygen atoms in total. The van der Waals surface area contributed by atoms with E-state index in [1.807, 2.05) is 0 Å². The molecule has 7 heteroatoms. The molecule has 0 fully saturated rings. The number of halogens is 1. The van der Waals surface area contributed by atoms with Crippen LogP contribution in [0, 0.1) is 5.82 Å². The number of aliphatic hydroxyl groups is 3. The van der Waals surface area contributed by atoms with Crippen LogP contribution in [-0.4, -0.2) is 39.7 Å². The lowest BCUT2D eigenvalue weighted by Gasteiger charge is -2.21. The number of hydrogen-bond donors (Lipinski definition) is 4. The minimum atomic E-state index is -1.25. The summed E-state index contributed by atoms with van der Waals surface area (Å²) >= 11 is 0. The quantitative estimate of drug-likeness (QED) is 0.636. The topological polar surface area (TPSA) is 99.0 Å². The molecule has 0 heterocycles. The molecule has 0 aromatic heterocycles. The van der Waals surface area contributed by atoms with Gasteiger partial charge < -0.3 is 25.4 Å². The van der Waals surface area contributed by atoms with Crippen molar-refractivity contribution in [2.45, 2.75) is 51.6 Å². The van der Waals surface area contributed by atoms with Gasteiger partial charge in [-0.1, -0.05) is 6.07 Å². The van der Waals surface area contributed by atoms with Crippen molar-refractivity contribution in [3.8, 4) is 0 Å². The Labute approximate surface area is 134 Å². The zero-order valence-electron chi connectivity index (χ0n) is 13.5. The first-order valence-electron chi connectivity index (χ1n) is 7.36. The minimum absolute atomic E-state index is 0.0422. The summed E-state index contributed by atoms with van der Waals surface area (Å²) in [5.74, 6) is -0.579. The van der Waals surface area contributed by atoms with Gasteiger partial charge in [0.05, 0.1) is 12.7 Å². The number of hydrogen-bond acceptors (Lipinski definition) is 5. The van der Waals surface area contributed by atoms with Gasteiger partial charge >= 0.3 is 6.09 Å². The van der Waals surface area contributed by atoms with Gasteiger partial charge in [-0.15, -0.1) is 0 Å². The molecule has 0 saturated heterocycles. The van der Waals surface area contributed by atoms with Crippen molar-refractivity contribution in [3.63, 3.8) is 0 Å². The SMILES string of the molecule is CC(C)(C)OC(=O)NCCC(O)C(O)c1ccc(F)c(CO)c1. The number of carbonyl (C=O) groups is 1.